The van der Waals surface area contributed by atoms with E-state index in [-0.39, 0.29) is 0 Å². The van der Waals surface area contributed by atoms with Crippen LogP contribution in [-0.4, -0.2) is 7.05 Å². The second kappa shape index (κ2) is 2.33. The smallest absolute Gasteiger partial charge is 0.252 e. The van der Waals surface area contributed by atoms with Gasteiger partial charge in [0.15, 0.2) is 0 Å². The van der Waals surface area contributed by atoms with E-state index in [2.05, 4.69) is 4.74 Å². The zero-order valence-electron chi connectivity index (χ0n) is 2.70. The van der Waals surface area contributed by atoms with Gasteiger partial charge in [-0.2, -0.15) is 8.39 Å². The Bertz CT molecular complexity index is 47.6. The highest BCUT2D eigenvalue weighted by molar-refractivity contribution is 7.35. The summed E-state index contributed by atoms with van der Waals surface area (Å²) >= 11 is 0. The largest absolute Gasteiger partial charge is 0.282 e. The average molecular weight is 99.0 g/mol. The van der Waals surface area contributed by atoms with E-state index in [0.717, 1.165) is 7.05 Å². The maximum atomic E-state index is 10.7. The number of hydrogen-bond acceptors (Lipinski definition) is 1. The minimum absolute atomic E-state index is 1.12. The Labute approximate surface area is 29.7 Å². The summed E-state index contributed by atoms with van der Waals surface area (Å²) in [5.74, 6) is 0. The van der Waals surface area contributed by atoms with Crippen molar-refractivity contribution in [2.45, 2.75) is 0 Å². The van der Waals surface area contributed by atoms with Crippen LogP contribution in [0.25, 0.3) is 0 Å². The van der Waals surface area contributed by atoms with E-state index >= 15 is 0 Å². The molecule has 0 radical (unpaired) electrons. The summed E-state index contributed by atoms with van der Waals surface area (Å²) in [6.45, 7) is 0. The maximum absolute atomic E-state index is 10.7. The molecular formula is CH4F2NP. The van der Waals surface area contributed by atoms with Gasteiger partial charge < -0.3 is 0 Å². The lowest BCUT2D eigenvalue weighted by Crippen LogP contribution is -1.27. The van der Waals surface area contributed by atoms with E-state index < -0.39 is 8.33 Å². The van der Waals surface area contributed by atoms with Gasteiger partial charge in [0.25, 0.3) is 8.33 Å². The van der Waals surface area contributed by atoms with Gasteiger partial charge in [-0.05, 0) is 0 Å². The number of nitrogens with zero attached hydrogens (tertiary/aromatic N) is 1. The summed E-state index contributed by atoms with van der Waals surface area (Å²) in [4.78, 5) is 0. The van der Waals surface area contributed by atoms with E-state index in [1.165, 1.54) is 0 Å². The standard InChI is InChI=1S/CH4F2NP/c1-4-5(2)3/h5H,1H3. The summed E-state index contributed by atoms with van der Waals surface area (Å²) < 4.78 is 24.1. The Kier molecular flexibility index (Phi) is 2.38. The second-order valence-corrected chi connectivity index (χ2v) is 1.39. The highest BCUT2D eigenvalue weighted by Crippen LogP contribution is 2.25. The molecule has 0 unspecified atom stereocenters. The van der Waals surface area contributed by atoms with Crippen LogP contribution in [0.5, 0.6) is 0 Å². The maximum Gasteiger partial charge on any atom is 0.282 e. The third-order valence-corrected chi connectivity index (χ3v) is 0.507. The predicted octanol–water partition coefficient (Wildman–Crippen LogP) is 1.78. The van der Waals surface area contributed by atoms with E-state index in [1.807, 2.05) is 0 Å². The van der Waals surface area contributed by atoms with Crippen molar-refractivity contribution in [2.24, 2.45) is 4.74 Å². The van der Waals surface area contributed by atoms with Crippen LogP contribution in [0.1, 0.15) is 0 Å². The van der Waals surface area contributed by atoms with Gasteiger partial charge in [0.2, 0.25) is 0 Å². The van der Waals surface area contributed by atoms with Crippen molar-refractivity contribution in [3.05, 3.63) is 0 Å². The van der Waals surface area contributed by atoms with Gasteiger partial charge in [-0.25, -0.2) is 0 Å². The molecule has 4 heteroatoms. The van der Waals surface area contributed by atoms with Crippen LogP contribution in [0.15, 0.2) is 4.74 Å². The normalized spacial score (nSPS) is 8.80. The number of halogens is 2. The van der Waals surface area contributed by atoms with Gasteiger partial charge in [0, 0.05) is 7.05 Å². The van der Waals surface area contributed by atoms with Gasteiger partial charge in [-0.15, -0.1) is 0 Å². The van der Waals surface area contributed by atoms with Crippen molar-refractivity contribution in [3.8, 4) is 0 Å². The molecule has 0 fully saturated rings. The van der Waals surface area contributed by atoms with Crippen LogP contribution >= 0.6 is 8.33 Å². The Morgan fingerprint density at radius 2 is 1.80 bits per heavy atom. The molecule has 0 bridgehead atoms. The molecule has 0 heterocycles. The molecule has 0 N–H and O–H groups in total. The molecule has 0 aromatic rings. The lowest BCUT2D eigenvalue weighted by atomic mass is 11.6. The van der Waals surface area contributed by atoms with Gasteiger partial charge in [-0.1, -0.05) is 0 Å². The Hall–Kier alpha value is 0.0900. The molecular weight excluding hydrogens is 95.0 g/mol. The van der Waals surface area contributed by atoms with Crippen LogP contribution in [-0.2, 0) is 0 Å². The van der Waals surface area contributed by atoms with Gasteiger partial charge in [0.05, 0.1) is 0 Å². The molecule has 0 saturated carbocycles. The summed E-state index contributed by atoms with van der Waals surface area (Å²) in [7, 11) is -2.13. The third kappa shape index (κ3) is 4.09. The second-order valence-electron chi connectivity index (χ2n) is 0.464. The highest BCUT2D eigenvalue weighted by atomic mass is 31.2. The Morgan fingerprint density at radius 3 is 1.80 bits per heavy atom. The molecule has 0 rings (SSSR count). The fourth-order valence-corrected chi connectivity index (χ4v) is 0. The fraction of sp³-hybridized carbons (Fsp3) is 1.00. The molecule has 0 aromatic carbocycles. The zero-order valence-corrected chi connectivity index (χ0v) is 3.70. The summed E-state index contributed by atoms with van der Waals surface area (Å²) in [6.07, 6.45) is 0. The van der Waals surface area contributed by atoms with Crippen LogP contribution in [0.4, 0.5) is 8.39 Å². The summed E-state index contributed by atoms with van der Waals surface area (Å²) in [5, 5.41) is 0. The van der Waals surface area contributed by atoms with Crippen LogP contribution in [0, 0.1) is 0 Å². The summed E-state index contributed by atoms with van der Waals surface area (Å²) in [6, 6.07) is 0. The van der Waals surface area contributed by atoms with Crippen LogP contribution in [0.2, 0.25) is 0 Å². The molecule has 0 atom stereocenters. The first kappa shape index (κ1) is 5.09. The van der Waals surface area contributed by atoms with Crippen molar-refractivity contribution in [1.29, 1.82) is 0 Å². The van der Waals surface area contributed by atoms with Gasteiger partial charge >= 0.3 is 0 Å². The Morgan fingerprint density at radius 1 is 1.60 bits per heavy atom. The van der Waals surface area contributed by atoms with E-state index in [9.17, 15) is 8.39 Å². The number of hydrogen-bond donors (Lipinski definition) is 0. The van der Waals surface area contributed by atoms with Crippen LogP contribution in [0.3, 0.4) is 0 Å². The Balaban J connectivity index is 3.14. The number of rotatable bonds is 0. The van der Waals surface area contributed by atoms with E-state index in [4.69, 9.17) is 0 Å². The van der Waals surface area contributed by atoms with E-state index in [1.54, 1.807) is 0 Å². The molecule has 0 spiro atoms. The molecule has 0 aromatic heterocycles. The quantitative estimate of drug-likeness (QED) is 0.410. The van der Waals surface area contributed by atoms with Crippen molar-refractivity contribution < 1.29 is 8.39 Å². The van der Waals surface area contributed by atoms with Gasteiger partial charge in [0.1, 0.15) is 0 Å². The average Bonchev–Trinajstić information content (AvgIpc) is 1.38. The molecule has 0 aliphatic carbocycles. The lowest BCUT2D eigenvalue weighted by Gasteiger charge is -1.67. The van der Waals surface area contributed by atoms with Crippen molar-refractivity contribution in [1.82, 2.24) is 0 Å². The molecule has 0 aliphatic heterocycles. The first-order chi connectivity index (χ1) is 2.27. The molecule has 0 saturated heterocycles. The minimum atomic E-state index is -3.25. The van der Waals surface area contributed by atoms with Crippen LogP contribution < -0.4 is 0 Å². The fourth-order valence-electron chi connectivity index (χ4n) is 0. The van der Waals surface area contributed by atoms with E-state index in [0.29, 0.717) is 0 Å². The van der Waals surface area contributed by atoms with Crippen molar-refractivity contribution in [2.75, 3.05) is 7.05 Å². The third-order valence-electron chi connectivity index (χ3n) is 0.169. The molecule has 0 aliphatic rings. The monoisotopic (exact) mass is 99.0 g/mol. The highest BCUT2D eigenvalue weighted by Gasteiger charge is 1.71. The molecule has 0 amide bonds. The zero-order chi connectivity index (χ0) is 4.28. The summed E-state index contributed by atoms with van der Waals surface area (Å²) in [5.41, 5.74) is 0. The lowest BCUT2D eigenvalue weighted by molar-refractivity contribution is 0.760. The molecule has 1 nitrogen and oxygen atoms in total. The first-order valence-corrected chi connectivity index (χ1v) is 2.25. The minimum Gasteiger partial charge on any atom is -0.252 e. The first-order valence-electron chi connectivity index (χ1n) is 1.05. The topological polar surface area (TPSA) is 12.4 Å². The van der Waals surface area contributed by atoms with Crippen molar-refractivity contribution in [3.63, 3.8) is 0 Å². The molecule has 32 valence electrons. The SMILES string of the molecule is CN=[PH](F)F. The van der Waals surface area contributed by atoms with Gasteiger partial charge in [-0.3, -0.25) is 4.74 Å². The predicted molar refractivity (Wildman–Crippen MR) is 18.9 cm³/mol. The van der Waals surface area contributed by atoms with Crippen molar-refractivity contribution >= 4 is 8.33 Å². The molecule has 5 heavy (non-hydrogen) atoms.